The van der Waals surface area contributed by atoms with Crippen LogP contribution < -0.4 is 0 Å². The normalized spacial score (nSPS) is 10.8. The molecule has 0 saturated carbocycles. The van der Waals surface area contributed by atoms with Crippen LogP contribution in [0.2, 0.25) is 5.02 Å². The fourth-order valence-electron chi connectivity index (χ4n) is 0.980. The predicted molar refractivity (Wildman–Crippen MR) is 53.2 cm³/mol. The Kier molecular flexibility index (Phi) is 3.13. The van der Waals surface area contributed by atoms with Crippen LogP contribution in [0, 0.1) is 5.82 Å². The third-order valence-electron chi connectivity index (χ3n) is 1.66. The van der Waals surface area contributed by atoms with Gasteiger partial charge in [-0.3, -0.25) is 0 Å². The van der Waals surface area contributed by atoms with Crippen LogP contribution in [0.4, 0.5) is 4.39 Å². The smallest absolute Gasteiger partial charge is 0.142 e. The summed E-state index contributed by atoms with van der Waals surface area (Å²) in [7, 11) is 0. The van der Waals surface area contributed by atoms with Crippen LogP contribution in [0.25, 0.3) is 0 Å². The van der Waals surface area contributed by atoms with E-state index in [2.05, 4.69) is 15.9 Å². The van der Waals surface area contributed by atoms with E-state index < -0.39 is 0 Å². The monoisotopic (exact) mass is 250 g/mol. The zero-order valence-corrected chi connectivity index (χ0v) is 9.21. The molecule has 1 aromatic rings. The van der Waals surface area contributed by atoms with E-state index in [9.17, 15) is 4.39 Å². The lowest BCUT2D eigenvalue weighted by atomic mass is 10.0. The highest BCUT2D eigenvalue weighted by molar-refractivity contribution is 9.10. The summed E-state index contributed by atoms with van der Waals surface area (Å²) in [6.07, 6.45) is 0. The van der Waals surface area contributed by atoms with Gasteiger partial charge in [0.2, 0.25) is 0 Å². The second-order valence-corrected chi connectivity index (χ2v) is 4.20. The van der Waals surface area contributed by atoms with Crippen molar-refractivity contribution in [3.8, 4) is 0 Å². The summed E-state index contributed by atoms with van der Waals surface area (Å²) >= 11 is 8.92. The lowest BCUT2D eigenvalue weighted by Gasteiger charge is -2.08. The maximum Gasteiger partial charge on any atom is 0.142 e. The van der Waals surface area contributed by atoms with Crippen molar-refractivity contribution in [1.82, 2.24) is 0 Å². The lowest BCUT2D eigenvalue weighted by Crippen LogP contribution is -1.91. The first-order chi connectivity index (χ1) is 5.52. The van der Waals surface area contributed by atoms with E-state index >= 15 is 0 Å². The Bertz CT molecular complexity index is 297. The highest BCUT2D eigenvalue weighted by Gasteiger charge is 2.08. The van der Waals surface area contributed by atoms with Gasteiger partial charge >= 0.3 is 0 Å². The Labute approximate surface area is 84.9 Å². The molecule has 0 bridgehead atoms. The van der Waals surface area contributed by atoms with Crippen LogP contribution in [-0.2, 0) is 0 Å². The molecule has 0 amide bonds. The summed E-state index contributed by atoms with van der Waals surface area (Å²) < 4.78 is 13.8. The number of hydrogen-bond acceptors (Lipinski definition) is 0. The average Bonchev–Trinajstić information content (AvgIpc) is 1.96. The number of halogens is 3. The number of rotatable bonds is 1. The van der Waals surface area contributed by atoms with Crippen molar-refractivity contribution in [2.24, 2.45) is 0 Å². The van der Waals surface area contributed by atoms with E-state index in [-0.39, 0.29) is 10.8 Å². The molecular weight excluding hydrogens is 242 g/mol. The zero-order chi connectivity index (χ0) is 9.30. The first-order valence-corrected chi connectivity index (χ1v) is 4.84. The molecule has 0 unspecified atom stereocenters. The second-order valence-electron chi connectivity index (χ2n) is 2.94. The number of benzene rings is 1. The van der Waals surface area contributed by atoms with Gasteiger partial charge in [-0.25, -0.2) is 4.39 Å². The minimum atomic E-state index is -0.358. The van der Waals surface area contributed by atoms with Gasteiger partial charge in [-0.1, -0.05) is 41.4 Å². The fourth-order valence-corrected chi connectivity index (χ4v) is 2.08. The van der Waals surface area contributed by atoms with Crippen LogP contribution >= 0.6 is 27.5 Å². The first-order valence-electron chi connectivity index (χ1n) is 3.67. The zero-order valence-electron chi connectivity index (χ0n) is 6.87. The van der Waals surface area contributed by atoms with E-state index in [0.717, 1.165) is 10.0 Å². The van der Waals surface area contributed by atoms with E-state index in [4.69, 9.17) is 11.6 Å². The molecule has 12 heavy (non-hydrogen) atoms. The molecule has 0 spiro atoms. The molecule has 0 heterocycles. The summed E-state index contributed by atoms with van der Waals surface area (Å²) in [4.78, 5) is 0. The molecule has 0 saturated heterocycles. The van der Waals surface area contributed by atoms with E-state index in [1.165, 1.54) is 6.07 Å². The van der Waals surface area contributed by atoms with E-state index in [0.29, 0.717) is 5.92 Å². The second kappa shape index (κ2) is 3.75. The molecule has 0 atom stereocenters. The number of hydrogen-bond donors (Lipinski definition) is 0. The highest BCUT2D eigenvalue weighted by atomic mass is 79.9. The Morgan fingerprint density at radius 1 is 1.42 bits per heavy atom. The minimum absolute atomic E-state index is 0.159. The molecular formula is C9H9BrClF. The molecule has 0 radical (unpaired) electrons. The fraction of sp³-hybridized carbons (Fsp3) is 0.333. The molecule has 3 heteroatoms. The minimum Gasteiger partial charge on any atom is -0.205 e. The van der Waals surface area contributed by atoms with Crippen LogP contribution in [0.1, 0.15) is 25.3 Å². The summed E-state index contributed by atoms with van der Waals surface area (Å²) in [5.41, 5.74) is 0.942. The van der Waals surface area contributed by atoms with Gasteiger partial charge in [-0.2, -0.15) is 0 Å². The summed E-state index contributed by atoms with van der Waals surface area (Å²) in [5.74, 6) is -0.0605. The summed E-state index contributed by atoms with van der Waals surface area (Å²) in [6.45, 7) is 4.01. The molecule has 0 aliphatic heterocycles. The Hall–Kier alpha value is -0.0800. The molecule has 0 nitrogen and oxygen atoms in total. The van der Waals surface area contributed by atoms with Gasteiger partial charge in [0.05, 0.1) is 5.02 Å². The molecule has 0 fully saturated rings. The van der Waals surface area contributed by atoms with E-state index in [1.807, 2.05) is 13.8 Å². The molecule has 1 rings (SSSR count). The summed E-state index contributed by atoms with van der Waals surface area (Å²) in [6, 6.07) is 3.06. The van der Waals surface area contributed by atoms with Crippen molar-refractivity contribution < 1.29 is 4.39 Å². The first kappa shape index (κ1) is 10.0. The maximum absolute atomic E-state index is 13.0. The standard InChI is InChI=1S/C9H9BrClF/c1-5(2)6-3-9(12)8(11)4-7(6)10/h3-5H,1-2H3. The van der Waals surface area contributed by atoms with Crippen LogP contribution in [-0.4, -0.2) is 0 Å². The Morgan fingerprint density at radius 3 is 2.50 bits per heavy atom. The van der Waals surface area contributed by atoms with Crippen molar-refractivity contribution in [2.45, 2.75) is 19.8 Å². The largest absolute Gasteiger partial charge is 0.205 e. The van der Waals surface area contributed by atoms with Crippen molar-refractivity contribution in [3.05, 3.63) is 33.0 Å². The average molecular weight is 252 g/mol. The molecule has 0 aromatic heterocycles. The van der Waals surface area contributed by atoms with Gasteiger partial charge in [-0.15, -0.1) is 0 Å². The van der Waals surface area contributed by atoms with Crippen molar-refractivity contribution >= 4 is 27.5 Å². The Balaban J connectivity index is 3.23. The third kappa shape index (κ3) is 1.99. The van der Waals surface area contributed by atoms with Gasteiger partial charge in [0, 0.05) is 4.47 Å². The van der Waals surface area contributed by atoms with Gasteiger partial charge in [-0.05, 0) is 23.6 Å². The van der Waals surface area contributed by atoms with Crippen LogP contribution in [0.15, 0.2) is 16.6 Å². The van der Waals surface area contributed by atoms with Gasteiger partial charge in [0.25, 0.3) is 0 Å². The molecule has 0 aliphatic carbocycles. The van der Waals surface area contributed by atoms with Crippen molar-refractivity contribution in [2.75, 3.05) is 0 Å². The Morgan fingerprint density at radius 2 is 2.00 bits per heavy atom. The van der Waals surface area contributed by atoms with E-state index in [1.54, 1.807) is 6.07 Å². The predicted octanol–water partition coefficient (Wildman–Crippen LogP) is 4.37. The molecule has 0 aliphatic rings. The van der Waals surface area contributed by atoms with Crippen molar-refractivity contribution in [3.63, 3.8) is 0 Å². The highest BCUT2D eigenvalue weighted by Crippen LogP contribution is 2.29. The van der Waals surface area contributed by atoms with Gasteiger partial charge in [0.1, 0.15) is 5.82 Å². The van der Waals surface area contributed by atoms with Gasteiger partial charge < -0.3 is 0 Å². The van der Waals surface area contributed by atoms with Crippen LogP contribution in [0.5, 0.6) is 0 Å². The third-order valence-corrected chi connectivity index (χ3v) is 2.64. The quantitative estimate of drug-likeness (QED) is 0.650. The maximum atomic E-state index is 13.0. The SMILES string of the molecule is CC(C)c1cc(F)c(Cl)cc1Br. The molecule has 0 N–H and O–H groups in total. The lowest BCUT2D eigenvalue weighted by molar-refractivity contribution is 0.623. The van der Waals surface area contributed by atoms with Crippen molar-refractivity contribution in [1.29, 1.82) is 0 Å². The summed E-state index contributed by atoms with van der Waals surface area (Å²) in [5, 5.41) is 0.159. The van der Waals surface area contributed by atoms with Gasteiger partial charge in [0.15, 0.2) is 0 Å². The topological polar surface area (TPSA) is 0 Å². The van der Waals surface area contributed by atoms with Crippen LogP contribution in [0.3, 0.4) is 0 Å². The molecule has 66 valence electrons. The molecule has 1 aromatic carbocycles.